The first-order chi connectivity index (χ1) is 10.0. The van der Waals surface area contributed by atoms with Crippen LogP contribution in [0.2, 0.25) is 0 Å². The molecule has 3 nitrogen and oxygen atoms in total. The van der Waals surface area contributed by atoms with Crippen molar-refractivity contribution < 1.29 is 13.5 Å². The van der Waals surface area contributed by atoms with Gasteiger partial charge < -0.3 is 4.74 Å². The summed E-state index contributed by atoms with van der Waals surface area (Å²) in [5.74, 6) is -1.14. The molecule has 1 aromatic carbocycles. The molecule has 0 amide bonds. The summed E-state index contributed by atoms with van der Waals surface area (Å²) in [6.07, 6.45) is 4.48. The first-order valence-electron chi connectivity index (χ1n) is 7.29. The number of nitrogens with zero attached hydrogens (tertiary/aromatic N) is 1. The molecule has 1 N–H and O–H groups in total. The minimum Gasteiger partial charge on any atom is -0.490 e. The molecular weight excluding hydrogens is 274 g/mol. The van der Waals surface area contributed by atoms with E-state index < -0.39 is 17.2 Å². The van der Waals surface area contributed by atoms with Crippen LogP contribution in [0.3, 0.4) is 0 Å². The Kier molecular flexibility index (Phi) is 5.13. The molecule has 1 atom stereocenters. The SMILES string of the molecule is CC(C#N)(CCCCOc1cc(F)ccc1F)NC1CC1. The topological polar surface area (TPSA) is 45.0 Å². The standard InChI is InChI=1S/C16H20F2N2O/c1-16(11-19,20-13-5-6-13)8-2-3-9-21-15-10-12(17)4-7-14(15)18/h4,7,10,13,20H,2-3,5-6,8-9H2,1H3. The zero-order valence-electron chi connectivity index (χ0n) is 12.2. The summed E-state index contributed by atoms with van der Waals surface area (Å²) in [6, 6.07) is 5.95. The van der Waals surface area contributed by atoms with Gasteiger partial charge in [-0.15, -0.1) is 0 Å². The second kappa shape index (κ2) is 6.86. The van der Waals surface area contributed by atoms with E-state index in [9.17, 15) is 14.0 Å². The van der Waals surface area contributed by atoms with Gasteiger partial charge >= 0.3 is 0 Å². The average molecular weight is 294 g/mol. The highest BCUT2D eigenvalue weighted by molar-refractivity contribution is 5.24. The maximum atomic E-state index is 13.3. The van der Waals surface area contributed by atoms with E-state index in [2.05, 4.69) is 11.4 Å². The summed E-state index contributed by atoms with van der Waals surface area (Å²) < 4.78 is 31.5. The Morgan fingerprint density at radius 2 is 2.14 bits per heavy atom. The van der Waals surface area contributed by atoms with Crippen LogP contribution >= 0.6 is 0 Å². The van der Waals surface area contributed by atoms with Crippen molar-refractivity contribution in [3.8, 4) is 11.8 Å². The lowest BCUT2D eigenvalue weighted by atomic mass is 9.96. The number of hydrogen-bond acceptors (Lipinski definition) is 3. The lowest BCUT2D eigenvalue weighted by Gasteiger charge is -2.23. The lowest BCUT2D eigenvalue weighted by molar-refractivity contribution is 0.281. The molecule has 0 aliphatic heterocycles. The predicted molar refractivity (Wildman–Crippen MR) is 75.9 cm³/mol. The van der Waals surface area contributed by atoms with E-state index in [1.54, 1.807) is 0 Å². The van der Waals surface area contributed by atoms with Crippen molar-refractivity contribution in [1.29, 1.82) is 5.26 Å². The summed E-state index contributed by atoms with van der Waals surface area (Å²) in [6.45, 7) is 2.21. The fourth-order valence-corrected chi connectivity index (χ4v) is 2.19. The van der Waals surface area contributed by atoms with Crippen LogP contribution < -0.4 is 10.1 Å². The van der Waals surface area contributed by atoms with Crippen LogP contribution in [0.25, 0.3) is 0 Å². The molecule has 0 bridgehead atoms. The van der Waals surface area contributed by atoms with Crippen molar-refractivity contribution in [3.05, 3.63) is 29.8 Å². The van der Waals surface area contributed by atoms with Crippen molar-refractivity contribution in [3.63, 3.8) is 0 Å². The van der Waals surface area contributed by atoms with Gasteiger partial charge in [-0.3, -0.25) is 5.32 Å². The number of hydrogen-bond donors (Lipinski definition) is 1. The van der Waals surface area contributed by atoms with Crippen molar-refractivity contribution in [2.24, 2.45) is 0 Å². The maximum absolute atomic E-state index is 13.3. The molecule has 2 rings (SSSR count). The molecule has 5 heteroatoms. The van der Waals surface area contributed by atoms with Crippen molar-refractivity contribution >= 4 is 0 Å². The Bertz CT molecular complexity index is 525. The van der Waals surface area contributed by atoms with E-state index in [1.165, 1.54) is 0 Å². The number of nitriles is 1. The van der Waals surface area contributed by atoms with E-state index in [0.29, 0.717) is 19.1 Å². The Hall–Kier alpha value is -1.67. The van der Waals surface area contributed by atoms with Crippen LogP contribution in [0.5, 0.6) is 5.75 Å². The molecule has 1 unspecified atom stereocenters. The number of unbranched alkanes of at least 4 members (excludes halogenated alkanes) is 1. The highest BCUT2D eigenvalue weighted by atomic mass is 19.1. The molecule has 1 aliphatic carbocycles. The summed E-state index contributed by atoms with van der Waals surface area (Å²) >= 11 is 0. The van der Waals surface area contributed by atoms with Gasteiger partial charge in [0.2, 0.25) is 0 Å². The summed E-state index contributed by atoms with van der Waals surface area (Å²) in [4.78, 5) is 0. The van der Waals surface area contributed by atoms with Gasteiger partial charge in [-0.05, 0) is 51.2 Å². The van der Waals surface area contributed by atoms with Gasteiger partial charge in [-0.2, -0.15) is 5.26 Å². The largest absolute Gasteiger partial charge is 0.490 e. The minimum absolute atomic E-state index is 0.0610. The Morgan fingerprint density at radius 1 is 1.38 bits per heavy atom. The van der Waals surface area contributed by atoms with Crippen molar-refractivity contribution in [2.45, 2.75) is 50.6 Å². The number of benzene rings is 1. The second-order valence-electron chi connectivity index (χ2n) is 5.74. The predicted octanol–water partition coefficient (Wildman–Crippen LogP) is 3.55. The summed E-state index contributed by atoms with van der Waals surface area (Å²) in [7, 11) is 0. The highest BCUT2D eigenvalue weighted by Gasteiger charge is 2.31. The Morgan fingerprint density at radius 3 is 2.81 bits per heavy atom. The van der Waals surface area contributed by atoms with Crippen LogP contribution in [0, 0.1) is 23.0 Å². The van der Waals surface area contributed by atoms with Gasteiger partial charge in [0.15, 0.2) is 11.6 Å². The zero-order valence-corrected chi connectivity index (χ0v) is 12.2. The molecule has 114 valence electrons. The van der Waals surface area contributed by atoms with Gasteiger partial charge in [0, 0.05) is 12.1 Å². The smallest absolute Gasteiger partial charge is 0.165 e. The number of halogens is 2. The van der Waals surface area contributed by atoms with Gasteiger partial charge in [0.25, 0.3) is 0 Å². The van der Waals surface area contributed by atoms with Gasteiger partial charge in [0.1, 0.15) is 11.4 Å². The van der Waals surface area contributed by atoms with E-state index >= 15 is 0 Å². The molecule has 1 saturated carbocycles. The quantitative estimate of drug-likeness (QED) is 0.746. The second-order valence-corrected chi connectivity index (χ2v) is 5.74. The number of nitrogens with one attached hydrogen (secondary N) is 1. The first-order valence-corrected chi connectivity index (χ1v) is 7.29. The third-order valence-corrected chi connectivity index (χ3v) is 3.57. The van der Waals surface area contributed by atoms with E-state index in [1.807, 2.05) is 6.92 Å². The van der Waals surface area contributed by atoms with E-state index in [4.69, 9.17) is 4.74 Å². The van der Waals surface area contributed by atoms with Crippen LogP contribution in [0.4, 0.5) is 8.78 Å². The van der Waals surface area contributed by atoms with Crippen molar-refractivity contribution in [1.82, 2.24) is 5.32 Å². The molecule has 0 heterocycles. The van der Waals surface area contributed by atoms with Crippen LogP contribution in [-0.4, -0.2) is 18.2 Å². The van der Waals surface area contributed by atoms with Gasteiger partial charge in [0.05, 0.1) is 12.7 Å². The van der Waals surface area contributed by atoms with Gasteiger partial charge in [-0.1, -0.05) is 0 Å². The molecule has 0 saturated heterocycles. The van der Waals surface area contributed by atoms with E-state index in [-0.39, 0.29) is 5.75 Å². The number of ether oxygens (including phenoxy) is 1. The first kappa shape index (κ1) is 15.7. The molecule has 0 spiro atoms. The maximum Gasteiger partial charge on any atom is 0.165 e. The highest BCUT2D eigenvalue weighted by Crippen LogP contribution is 2.25. The summed E-state index contributed by atoms with van der Waals surface area (Å²) in [5.41, 5.74) is -0.509. The molecule has 0 radical (unpaired) electrons. The summed E-state index contributed by atoms with van der Waals surface area (Å²) in [5, 5.41) is 12.6. The third-order valence-electron chi connectivity index (χ3n) is 3.57. The third kappa shape index (κ3) is 4.98. The normalized spacial score (nSPS) is 17.0. The fraction of sp³-hybridized carbons (Fsp3) is 0.562. The molecule has 21 heavy (non-hydrogen) atoms. The van der Waals surface area contributed by atoms with E-state index in [0.717, 1.165) is 43.9 Å². The molecule has 0 aromatic heterocycles. The Labute approximate surface area is 123 Å². The van der Waals surface area contributed by atoms with Gasteiger partial charge in [-0.25, -0.2) is 8.78 Å². The minimum atomic E-state index is -0.561. The molecule has 1 fully saturated rings. The average Bonchev–Trinajstić information content (AvgIpc) is 3.26. The lowest BCUT2D eigenvalue weighted by Crippen LogP contribution is -2.42. The Balaban J connectivity index is 1.69. The zero-order chi connectivity index (χ0) is 15.3. The molecule has 1 aliphatic rings. The number of rotatable bonds is 8. The fourth-order valence-electron chi connectivity index (χ4n) is 2.19. The van der Waals surface area contributed by atoms with Crippen LogP contribution in [0.1, 0.15) is 39.0 Å². The molecular formula is C16H20F2N2O. The monoisotopic (exact) mass is 294 g/mol. The van der Waals surface area contributed by atoms with Crippen LogP contribution in [-0.2, 0) is 0 Å². The molecule has 1 aromatic rings. The van der Waals surface area contributed by atoms with Crippen LogP contribution in [0.15, 0.2) is 18.2 Å². The van der Waals surface area contributed by atoms with Crippen molar-refractivity contribution in [2.75, 3.05) is 6.61 Å².